The minimum Gasteiger partial charge on any atom is -0.481 e. The van der Waals surface area contributed by atoms with Crippen LogP contribution in [0.5, 0.6) is 0 Å². The Bertz CT molecular complexity index is 832. The van der Waals surface area contributed by atoms with E-state index in [2.05, 4.69) is 13.5 Å². The lowest BCUT2D eigenvalue weighted by Gasteiger charge is -2.59. The average Bonchev–Trinajstić information content (AvgIpc) is 3.09. The third kappa shape index (κ3) is 5.01. The second-order valence-corrected chi connectivity index (χ2v) is 10.2. The van der Waals surface area contributed by atoms with E-state index in [9.17, 15) is 24.6 Å². The Kier molecular flexibility index (Phi) is 7.69. The van der Waals surface area contributed by atoms with Crippen LogP contribution in [-0.2, 0) is 23.9 Å². The summed E-state index contributed by atoms with van der Waals surface area (Å²) in [5, 5.41) is 29.5. The molecule has 3 rings (SSSR count). The zero-order valence-corrected chi connectivity index (χ0v) is 19.5. The van der Waals surface area contributed by atoms with Crippen LogP contribution in [0.25, 0.3) is 0 Å². The molecule has 0 unspecified atom stereocenters. The average molecular weight is 465 g/mol. The summed E-state index contributed by atoms with van der Waals surface area (Å²) in [4.78, 5) is 35.1. The smallest absolute Gasteiger partial charge is 0.337 e. The van der Waals surface area contributed by atoms with Gasteiger partial charge in [-0.2, -0.15) is 0 Å². The van der Waals surface area contributed by atoms with E-state index in [4.69, 9.17) is 14.6 Å². The molecular weight excluding hydrogens is 428 g/mol. The number of allylic oxidation sites excluding steroid dienone is 2. The summed E-state index contributed by atoms with van der Waals surface area (Å²) in [6.07, 6.45) is 4.03. The maximum Gasteiger partial charge on any atom is 0.337 e. The van der Waals surface area contributed by atoms with E-state index in [0.29, 0.717) is 18.4 Å². The fraction of sp³-hybridized carbons (Fsp3) is 0.720. The SMILES string of the molecule is C=C1CC[C@@H]2[C@](C)(CO)[C@H](O)CC[C@@]2(C)[C@@H]1C/C=C1/C(=O)OC[C@H]1OC(=O)CCCC(=O)O. The van der Waals surface area contributed by atoms with Gasteiger partial charge in [0.2, 0.25) is 0 Å². The lowest BCUT2D eigenvalue weighted by molar-refractivity contribution is -0.151. The predicted molar refractivity (Wildman–Crippen MR) is 119 cm³/mol. The van der Waals surface area contributed by atoms with Crippen LogP contribution in [0.4, 0.5) is 0 Å². The van der Waals surface area contributed by atoms with Crippen LogP contribution < -0.4 is 0 Å². The molecule has 1 saturated heterocycles. The number of aliphatic hydroxyl groups is 2. The Labute approximate surface area is 194 Å². The molecule has 0 spiro atoms. The van der Waals surface area contributed by atoms with Crippen LogP contribution in [0.3, 0.4) is 0 Å². The van der Waals surface area contributed by atoms with E-state index in [0.717, 1.165) is 24.8 Å². The van der Waals surface area contributed by atoms with E-state index in [1.165, 1.54) is 0 Å². The van der Waals surface area contributed by atoms with Gasteiger partial charge in [0.15, 0.2) is 6.10 Å². The van der Waals surface area contributed by atoms with Crippen molar-refractivity contribution in [3.8, 4) is 0 Å². The summed E-state index contributed by atoms with van der Waals surface area (Å²) in [7, 11) is 0. The number of carbonyl (C=O) groups excluding carboxylic acids is 2. The molecule has 1 heterocycles. The normalized spacial score (nSPS) is 37.5. The first-order valence-electron chi connectivity index (χ1n) is 11.8. The Morgan fingerprint density at radius 3 is 2.67 bits per heavy atom. The van der Waals surface area contributed by atoms with E-state index in [1.54, 1.807) is 6.08 Å². The van der Waals surface area contributed by atoms with Gasteiger partial charge < -0.3 is 24.8 Å². The van der Waals surface area contributed by atoms with Crippen molar-refractivity contribution in [2.24, 2.45) is 22.7 Å². The van der Waals surface area contributed by atoms with Crippen molar-refractivity contribution in [2.45, 2.75) is 77.4 Å². The maximum atomic E-state index is 12.3. The first-order chi connectivity index (χ1) is 15.5. The molecule has 0 bridgehead atoms. The minimum atomic E-state index is -0.977. The minimum absolute atomic E-state index is 0.0362. The first kappa shape index (κ1) is 25.4. The van der Waals surface area contributed by atoms with E-state index in [-0.39, 0.29) is 49.7 Å². The second kappa shape index (κ2) is 9.97. The van der Waals surface area contributed by atoms with Gasteiger partial charge in [-0.3, -0.25) is 9.59 Å². The van der Waals surface area contributed by atoms with Crippen LogP contribution >= 0.6 is 0 Å². The fourth-order valence-corrected chi connectivity index (χ4v) is 6.25. The number of aliphatic carboxylic acids is 1. The molecule has 184 valence electrons. The number of cyclic esters (lactones) is 1. The highest BCUT2D eigenvalue weighted by molar-refractivity contribution is 5.92. The lowest BCUT2D eigenvalue weighted by Crippen LogP contribution is -2.57. The number of carbonyl (C=O) groups is 3. The monoisotopic (exact) mass is 464 g/mol. The number of aliphatic hydroxyl groups excluding tert-OH is 2. The number of fused-ring (bicyclic) bond motifs is 1. The predicted octanol–water partition coefficient (Wildman–Crippen LogP) is 2.77. The molecular formula is C25H36O8. The van der Waals surface area contributed by atoms with Crippen molar-refractivity contribution in [1.29, 1.82) is 0 Å². The Hall–Kier alpha value is -2.19. The van der Waals surface area contributed by atoms with Crippen molar-refractivity contribution in [3.63, 3.8) is 0 Å². The van der Waals surface area contributed by atoms with Crippen LogP contribution in [0.2, 0.25) is 0 Å². The number of hydrogen-bond acceptors (Lipinski definition) is 7. The molecule has 1 aliphatic heterocycles. The highest BCUT2D eigenvalue weighted by Crippen LogP contribution is 2.61. The fourth-order valence-electron chi connectivity index (χ4n) is 6.25. The highest BCUT2D eigenvalue weighted by atomic mass is 16.6. The van der Waals surface area contributed by atoms with E-state index >= 15 is 0 Å². The quantitative estimate of drug-likeness (QED) is 0.284. The second-order valence-electron chi connectivity index (χ2n) is 10.2. The van der Waals surface area contributed by atoms with Crippen molar-refractivity contribution in [3.05, 3.63) is 23.8 Å². The Balaban J connectivity index is 1.74. The molecule has 0 radical (unpaired) electrons. The zero-order valence-electron chi connectivity index (χ0n) is 19.5. The number of ether oxygens (including phenoxy) is 2. The maximum absolute atomic E-state index is 12.3. The van der Waals surface area contributed by atoms with E-state index in [1.807, 2.05) is 6.92 Å². The highest BCUT2D eigenvalue weighted by Gasteiger charge is 2.57. The van der Waals surface area contributed by atoms with Gasteiger partial charge in [-0.1, -0.05) is 32.1 Å². The molecule has 8 nitrogen and oxygen atoms in total. The summed E-state index contributed by atoms with van der Waals surface area (Å²) < 4.78 is 10.5. The van der Waals surface area contributed by atoms with Crippen LogP contribution in [-0.4, -0.2) is 58.6 Å². The van der Waals surface area contributed by atoms with Crippen LogP contribution in [0, 0.1) is 22.7 Å². The summed E-state index contributed by atoms with van der Waals surface area (Å²) in [6.45, 7) is 8.32. The van der Waals surface area contributed by atoms with Crippen molar-refractivity contribution in [1.82, 2.24) is 0 Å². The van der Waals surface area contributed by atoms with Crippen LogP contribution in [0.1, 0.15) is 65.2 Å². The van der Waals surface area contributed by atoms with Gasteiger partial charge in [-0.25, -0.2) is 4.79 Å². The summed E-state index contributed by atoms with van der Waals surface area (Å²) in [6, 6.07) is 0. The van der Waals surface area contributed by atoms with Gasteiger partial charge in [-0.05, 0) is 55.8 Å². The molecule has 6 atom stereocenters. The first-order valence-corrected chi connectivity index (χ1v) is 11.8. The molecule has 8 heteroatoms. The molecule has 0 aromatic heterocycles. The number of hydrogen-bond donors (Lipinski definition) is 3. The summed E-state index contributed by atoms with van der Waals surface area (Å²) in [5.41, 5.74) is 0.630. The van der Waals surface area contributed by atoms with Crippen molar-refractivity contribution in [2.75, 3.05) is 13.2 Å². The number of esters is 2. The van der Waals surface area contributed by atoms with Gasteiger partial charge in [0.25, 0.3) is 0 Å². The third-order valence-electron chi connectivity index (χ3n) is 8.26. The van der Waals surface area contributed by atoms with E-state index < -0.39 is 35.5 Å². The largest absolute Gasteiger partial charge is 0.481 e. The van der Waals surface area contributed by atoms with Gasteiger partial charge in [0.1, 0.15) is 6.61 Å². The van der Waals surface area contributed by atoms with Crippen molar-refractivity contribution >= 4 is 17.9 Å². The molecule has 2 aliphatic carbocycles. The van der Waals surface area contributed by atoms with Gasteiger partial charge in [0.05, 0.1) is 18.3 Å². The number of rotatable bonds is 8. The summed E-state index contributed by atoms with van der Waals surface area (Å²) >= 11 is 0. The Morgan fingerprint density at radius 1 is 1.27 bits per heavy atom. The van der Waals surface area contributed by atoms with Gasteiger partial charge in [-0.15, -0.1) is 0 Å². The summed E-state index contributed by atoms with van der Waals surface area (Å²) in [5.74, 6) is -1.87. The lowest BCUT2D eigenvalue weighted by atomic mass is 9.46. The third-order valence-corrected chi connectivity index (χ3v) is 8.26. The molecule has 3 aliphatic rings. The Morgan fingerprint density at radius 2 is 2.00 bits per heavy atom. The van der Waals surface area contributed by atoms with Gasteiger partial charge >= 0.3 is 17.9 Å². The standard InChI is InChI=1S/C25H36O8/c1-15-7-10-19-24(2,12-11-20(27)25(19,3)14-26)17(15)9-8-16-18(13-32-23(16)31)33-22(30)6-4-5-21(28)29/h8,17-20,26-27H,1,4-7,9-14H2,2-3H3,(H,28,29)/b16-8+/t17-,18-,19+,20-,24+,25+/m1/s1. The molecule has 0 amide bonds. The number of carboxylic acid groups (broad SMARTS) is 1. The zero-order chi connectivity index (χ0) is 24.4. The molecule has 33 heavy (non-hydrogen) atoms. The molecule has 0 aromatic rings. The molecule has 3 N–H and O–H groups in total. The topological polar surface area (TPSA) is 130 Å². The number of carboxylic acids is 1. The van der Waals surface area contributed by atoms with Gasteiger partial charge in [0, 0.05) is 18.3 Å². The molecule has 0 aromatic carbocycles. The van der Waals surface area contributed by atoms with Crippen LogP contribution in [0.15, 0.2) is 23.8 Å². The van der Waals surface area contributed by atoms with Crippen molar-refractivity contribution < 1.29 is 39.2 Å². The molecule has 2 saturated carbocycles. The molecule has 3 fully saturated rings.